The largest absolute Gasteiger partial charge is 0.481 e. The summed E-state index contributed by atoms with van der Waals surface area (Å²) in [7, 11) is 0. The summed E-state index contributed by atoms with van der Waals surface area (Å²) in [5.41, 5.74) is 5.38. The molecule has 160 valence electrons. The third kappa shape index (κ3) is 8.77. The van der Waals surface area contributed by atoms with Crippen molar-refractivity contribution in [1.82, 2.24) is 16.0 Å². The van der Waals surface area contributed by atoms with Crippen molar-refractivity contribution in [3.05, 3.63) is 0 Å². The maximum Gasteiger partial charge on any atom is 0.326 e. The first-order chi connectivity index (χ1) is 12.9. The van der Waals surface area contributed by atoms with Gasteiger partial charge in [-0.1, -0.05) is 13.8 Å². The van der Waals surface area contributed by atoms with Crippen molar-refractivity contribution < 1.29 is 39.3 Å². The molecule has 0 fully saturated rings. The fourth-order valence-corrected chi connectivity index (χ4v) is 2.07. The zero-order valence-corrected chi connectivity index (χ0v) is 16.0. The van der Waals surface area contributed by atoms with Crippen LogP contribution in [0.3, 0.4) is 0 Å². The van der Waals surface area contributed by atoms with Gasteiger partial charge >= 0.3 is 11.9 Å². The van der Waals surface area contributed by atoms with Crippen molar-refractivity contribution in [2.24, 2.45) is 11.7 Å². The van der Waals surface area contributed by atoms with E-state index in [9.17, 15) is 29.1 Å². The van der Waals surface area contributed by atoms with Crippen LogP contribution in [0.15, 0.2) is 0 Å². The number of carboxylic acid groups (broad SMARTS) is 2. The van der Waals surface area contributed by atoms with Gasteiger partial charge in [0.2, 0.25) is 17.7 Å². The van der Waals surface area contributed by atoms with Crippen molar-refractivity contribution in [1.29, 1.82) is 0 Å². The summed E-state index contributed by atoms with van der Waals surface area (Å²) in [4.78, 5) is 58.1. The predicted molar refractivity (Wildman–Crippen MR) is 95.9 cm³/mol. The van der Waals surface area contributed by atoms with E-state index < -0.39 is 72.8 Å². The number of carbonyl (C=O) groups is 5. The SMILES string of the molecule is CC(N)C(=O)NC(CO)C(=O)NC(C(=O)NC(CCC(=O)O)C(=O)O)C(C)C. The highest BCUT2D eigenvalue weighted by Gasteiger charge is 2.31. The smallest absolute Gasteiger partial charge is 0.326 e. The van der Waals surface area contributed by atoms with Gasteiger partial charge in [0, 0.05) is 6.42 Å². The number of aliphatic carboxylic acids is 2. The Morgan fingerprint density at radius 3 is 1.79 bits per heavy atom. The van der Waals surface area contributed by atoms with Gasteiger partial charge < -0.3 is 37.0 Å². The molecule has 8 N–H and O–H groups in total. The minimum absolute atomic E-state index is 0.334. The van der Waals surface area contributed by atoms with Crippen molar-refractivity contribution in [3.63, 3.8) is 0 Å². The molecule has 0 saturated heterocycles. The van der Waals surface area contributed by atoms with Crippen LogP contribution in [0, 0.1) is 5.92 Å². The molecule has 0 spiro atoms. The third-order valence-corrected chi connectivity index (χ3v) is 3.74. The lowest BCUT2D eigenvalue weighted by Crippen LogP contribution is -2.59. The molecule has 12 nitrogen and oxygen atoms in total. The Balaban J connectivity index is 5.14. The number of carboxylic acids is 2. The van der Waals surface area contributed by atoms with Gasteiger partial charge in [-0.3, -0.25) is 19.2 Å². The Kier molecular flexibility index (Phi) is 10.7. The molecule has 0 aliphatic heterocycles. The minimum Gasteiger partial charge on any atom is -0.481 e. The van der Waals surface area contributed by atoms with E-state index in [1.54, 1.807) is 13.8 Å². The first-order valence-electron chi connectivity index (χ1n) is 8.62. The number of aliphatic hydroxyl groups is 1. The summed E-state index contributed by atoms with van der Waals surface area (Å²) in [6, 6.07) is -4.90. The monoisotopic (exact) mass is 404 g/mol. The van der Waals surface area contributed by atoms with Crippen molar-refractivity contribution >= 4 is 29.7 Å². The Morgan fingerprint density at radius 1 is 0.857 bits per heavy atom. The van der Waals surface area contributed by atoms with E-state index in [2.05, 4.69) is 16.0 Å². The Bertz CT molecular complexity index is 593. The molecule has 0 aromatic heterocycles. The molecule has 4 unspecified atom stereocenters. The molecule has 0 aromatic carbocycles. The molecule has 0 aliphatic rings. The van der Waals surface area contributed by atoms with E-state index in [1.807, 2.05) is 0 Å². The van der Waals surface area contributed by atoms with Crippen LogP contribution in [0.2, 0.25) is 0 Å². The Labute approximate surface area is 161 Å². The molecule has 28 heavy (non-hydrogen) atoms. The third-order valence-electron chi connectivity index (χ3n) is 3.74. The van der Waals surface area contributed by atoms with Crippen LogP contribution in [-0.4, -0.2) is 75.8 Å². The molecule has 3 amide bonds. The van der Waals surface area contributed by atoms with Crippen molar-refractivity contribution in [3.8, 4) is 0 Å². The lowest BCUT2D eigenvalue weighted by molar-refractivity contribution is -0.143. The molecule has 12 heteroatoms. The lowest BCUT2D eigenvalue weighted by Gasteiger charge is -2.26. The van der Waals surface area contributed by atoms with Crippen LogP contribution in [0.1, 0.15) is 33.6 Å². The maximum atomic E-state index is 12.4. The van der Waals surface area contributed by atoms with Gasteiger partial charge in [0.25, 0.3) is 0 Å². The van der Waals surface area contributed by atoms with Crippen molar-refractivity contribution in [2.45, 2.75) is 57.8 Å². The molecular formula is C16H28N4O8. The standard InChI is InChI=1S/C16H28N4O8/c1-7(2)12(15(26)18-9(16(27)28)4-5-11(22)23)20-14(25)10(6-21)19-13(24)8(3)17/h7-10,12,21H,4-6,17H2,1-3H3,(H,18,26)(H,19,24)(H,20,25)(H,22,23)(H,27,28). The maximum absolute atomic E-state index is 12.4. The summed E-state index contributed by atoms with van der Waals surface area (Å²) >= 11 is 0. The molecule has 0 saturated carbocycles. The van der Waals surface area contributed by atoms with Crippen LogP contribution >= 0.6 is 0 Å². The van der Waals surface area contributed by atoms with E-state index >= 15 is 0 Å². The van der Waals surface area contributed by atoms with E-state index in [1.165, 1.54) is 6.92 Å². The molecule has 0 heterocycles. The second kappa shape index (κ2) is 11.9. The summed E-state index contributed by atoms with van der Waals surface area (Å²) in [5, 5.41) is 33.9. The summed E-state index contributed by atoms with van der Waals surface area (Å²) in [6.07, 6.45) is -0.801. The van der Waals surface area contributed by atoms with Crippen LogP contribution in [0.25, 0.3) is 0 Å². The number of hydrogen-bond acceptors (Lipinski definition) is 7. The van der Waals surface area contributed by atoms with Crippen molar-refractivity contribution in [2.75, 3.05) is 6.61 Å². The fraction of sp³-hybridized carbons (Fsp3) is 0.688. The van der Waals surface area contributed by atoms with E-state index in [4.69, 9.17) is 15.9 Å². The van der Waals surface area contributed by atoms with Crippen LogP contribution in [-0.2, 0) is 24.0 Å². The fourth-order valence-electron chi connectivity index (χ4n) is 2.07. The van der Waals surface area contributed by atoms with E-state index in [0.717, 1.165) is 0 Å². The normalized spacial score (nSPS) is 15.1. The van der Waals surface area contributed by atoms with Gasteiger partial charge in [0.15, 0.2) is 0 Å². The highest BCUT2D eigenvalue weighted by Crippen LogP contribution is 2.05. The quantitative estimate of drug-likeness (QED) is 0.181. The van der Waals surface area contributed by atoms with E-state index in [0.29, 0.717) is 0 Å². The zero-order chi connectivity index (χ0) is 22.0. The van der Waals surface area contributed by atoms with Crippen LogP contribution in [0.4, 0.5) is 0 Å². The number of amides is 3. The highest BCUT2D eigenvalue weighted by atomic mass is 16.4. The number of nitrogens with one attached hydrogen (secondary N) is 3. The number of rotatable bonds is 12. The second-order valence-electron chi connectivity index (χ2n) is 6.59. The topological polar surface area (TPSA) is 208 Å². The number of nitrogens with two attached hydrogens (primary N) is 1. The average molecular weight is 404 g/mol. The van der Waals surface area contributed by atoms with Gasteiger partial charge in [-0.2, -0.15) is 0 Å². The average Bonchev–Trinajstić information content (AvgIpc) is 2.59. The molecule has 0 rings (SSSR count). The van der Waals surface area contributed by atoms with E-state index in [-0.39, 0.29) is 6.42 Å². The molecule has 0 aliphatic carbocycles. The summed E-state index contributed by atoms with van der Waals surface area (Å²) in [5.74, 6) is -5.48. The molecule has 0 bridgehead atoms. The van der Waals surface area contributed by atoms with Gasteiger partial charge in [-0.05, 0) is 19.3 Å². The first-order valence-corrected chi connectivity index (χ1v) is 8.62. The molecular weight excluding hydrogens is 376 g/mol. The Hall–Kier alpha value is -2.73. The molecule has 0 radical (unpaired) electrons. The number of carbonyl (C=O) groups excluding carboxylic acids is 3. The minimum atomic E-state index is -1.45. The lowest BCUT2D eigenvalue weighted by atomic mass is 10.0. The van der Waals surface area contributed by atoms with Gasteiger partial charge in [0.05, 0.1) is 12.6 Å². The number of hydrogen-bond donors (Lipinski definition) is 7. The predicted octanol–water partition coefficient (Wildman–Crippen LogP) is -2.61. The van der Waals surface area contributed by atoms with Crippen LogP contribution < -0.4 is 21.7 Å². The summed E-state index contributed by atoms with van der Waals surface area (Å²) < 4.78 is 0. The summed E-state index contributed by atoms with van der Waals surface area (Å²) in [6.45, 7) is 3.82. The highest BCUT2D eigenvalue weighted by molar-refractivity contribution is 5.94. The first kappa shape index (κ1) is 25.3. The second-order valence-corrected chi connectivity index (χ2v) is 6.59. The number of aliphatic hydroxyl groups excluding tert-OH is 1. The van der Waals surface area contributed by atoms with Gasteiger partial charge in [0.1, 0.15) is 18.1 Å². The molecule has 4 atom stereocenters. The van der Waals surface area contributed by atoms with Gasteiger partial charge in [-0.25, -0.2) is 4.79 Å². The molecule has 0 aromatic rings. The Morgan fingerprint density at radius 2 is 1.39 bits per heavy atom. The van der Waals surface area contributed by atoms with Crippen LogP contribution in [0.5, 0.6) is 0 Å². The van der Waals surface area contributed by atoms with Gasteiger partial charge in [-0.15, -0.1) is 0 Å². The zero-order valence-electron chi connectivity index (χ0n) is 16.0.